The lowest BCUT2D eigenvalue weighted by atomic mass is 10.2. The number of nitrogens with zero attached hydrogens (tertiary/aromatic N) is 2. The molecule has 2 rings (SSSR count). The molecule has 0 bridgehead atoms. The first-order valence-electron chi connectivity index (χ1n) is 2.61. The second kappa shape index (κ2) is 1.31. The lowest BCUT2D eigenvalue weighted by molar-refractivity contribution is 0.475. The number of rotatable bonds is 0. The molecule has 9 heavy (non-hydrogen) atoms. The highest BCUT2D eigenvalue weighted by molar-refractivity contribution is 5.72. The van der Waals surface area contributed by atoms with Crippen molar-refractivity contribution in [3.8, 4) is 5.75 Å². The molecule has 1 N–H and O–H groups in total. The van der Waals surface area contributed by atoms with E-state index < -0.39 is 0 Å². The highest BCUT2D eigenvalue weighted by Gasteiger charge is 2.12. The van der Waals surface area contributed by atoms with E-state index in [0.717, 1.165) is 5.69 Å². The van der Waals surface area contributed by atoms with E-state index in [-0.39, 0.29) is 5.75 Å². The van der Waals surface area contributed by atoms with E-state index in [2.05, 4.69) is 10.2 Å². The second-order valence-electron chi connectivity index (χ2n) is 1.84. The molecular formula is C6H4N2O. The number of phenols is 1. The van der Waals surface area contributed by atoms with Crippen LogP contribution in [0.15, 0.2) is 28.4 Å². The average molecular weight is 120 g/mol. The summed E-state index contributed by atoms with van der Waals surface area (Å²) < 4.78 is 0. The van der Waals surface area contributed by atoms with E-state index in [1.165, 1.54) is 0 Å². The smallest absolute Gasteiger partial charge is 0.155 e. The van der Waals surface area contributed by atoms with Gasteiger partial charge in [-0.3, -0.25) is 0 Å². The van der Waals surface area contributed by atoms with Crippen molar-refractivity contribution >= 4 is 11.4 Å². The third-order valence-corrected chi connectivity index (χ3v) is 1.25. The van der Waals surface area contributed by atoms with E-state index in [1.54, 1.807) is 12.1 Å². The summed E-state index contributed by atoms with van der Waals surface area (Å²) >= 11 is 0. The van der Waals surface area contributed by atoms with Gasteiger partial charge in [0.05, 0.1) is 0 Å². The Balaban J connectivity index is 2.70. The molecule has 1 aromatic rings. The predicted molar refractivity (Wildman–Crippen MR) is 32.3 cm³/mol. The minimum Gasteiger partial charge on any atom is -0.506 e. The molecule has 1 aliphatic rings. The van der Waals surface area contributed by atoms with Gasteiger partial charge in [-0.25, -0.2) is 0 Å². The molecule has 3 heteroatoms. The summed E-state index contributed by atoms with van der Waals surface area (Å²) in [6.45, 7) is 0. The van der Waals surface area contributed by atoms with Gasteiger partial charge in [-0.05, 0) is 12.1 Å². The fourth-order valence-corrected chi connectivity index (χ4v) is 0.762. The van der Waals surface area contributed by atoms with Crippen molar-refractivity contribution in [3.63, 3.8) is 0 Å². The van der Waals surface area contributed by atoms with Crippen LogP contribution in [0.5, 0.6) is 5.75 Å². The van der Waals surface area contributed by atoms with Gasteiger partial charge < -0.3 is 5.11 Å². The quantitative estimate of drug-likeness (QED) is 0.568. The van der Waals surface area contributed by atoms with E-state index in [0.29, 0.717) is 5.69 Å². The Morgan fingerprint density at radius 3 is 2.56 bits per heavy atom. The SMILES string of the molecule is Oc1cccc2c1N=N2. The van der Waals surface area contributed by atoms with Crippen LogP contribution in [0.25, 0.3) is 0 Å². The molecule has 1 aliphatic heterocycles. The Morgan fingerprint density at radius 1 is 1.22 bits per heavy atom. The van der Waals surface area contributed by atoms with Crippen LogP contribution in [-0.2, 0) is 0 Å². The fourth-order valence-electron chi connectivity index (χ4n) is 0.762. The first-order chi connectivity index (χ1) is 4.38. The van der Waals surface area contributed by atoms with Gasteiger partial charge in [0.25, 0.3) is 0 Å². The van der Waals surface area contributed by atoms with Crippen LogP contribution in [-0.4, -0.2) is 5.11 Å². The molecular weight excluding hydrogens is 116 g/mol. The van der Waals surface area contributed by atoms with Crippen molar-refractivity contribution in [2.45, 2.75) is 0 Å². The molecule has 0 saturated carbocycles. The Labute approximate surface area is 51.7 Å². The third-order valence-electron chi connectivity index (χ3n) is 1.25. The zero-order chi connectivity index (χ0) is 6.27. The standard InChI is InChI=1S/C6H4N2O/c9-5-3-1-2-4-6(5)8-7-4/h1-3,9H. The minimum atomic E-state index is 0.211. The van der Waals surface area contributed by atoms with Crippen LogP contribution in [0.4, 0.5) is 11.4 Å². The molecule has 0 amide bonds. The lowest BCUT2D eigenvalue weighted by Gasteiger charge is -2.06. The average Bonchev–Trinajstić information content (AvgIpc) is 1.74. The summed E-state index contributed by atoms with van der Waals surface area (Å²) in [5.74, 6) is 0.211. The van der Waals surface area contributed by atoms with Crippen molar-refractivity contribution < 1.29 is 5.11 Å². The number of fused-ring (bicyclic) bond motifs is 1. The minimum absolute atomic E-state index is 0.211. The van der Waals surface area contributed by atoms with Crippen molar-refractivity contribution in [2.24, 2.45) is 10.2 Å². The predicted octanol–water partition coefficient (Wildman–Crippen LogP) is 2.12. The first kappa shape index (κ1) is 4.49. The van der Waals surface area contributed by atoms with E-state index >= 15 is 0 Å². The molecule has 1 aromatic carbocycles. The number of hydrogen-bond acceptors (Lipinski definition) is 3. The normalized spacial score (nSPS) is 12.4. The maximum Gasteiger partial charge on any atom is 0.155 e. The van der Waals surface area contributed by atoms with Gasteiger partial charge in [-0.15, -0.1) is 10.2 Å². The van der Waals surface area contributed by atoms with E-state index in [9.17, 15) is 0 Å². The molecule has 0 aliphatic carbocycles. The van der Waals surface area contributed by atoms with Crippen LogP contribution in [0.2, 0.25) is 0 Å². The Morgan fingerprint density at radius 2 is 2.11 bits per heavy atom. The molecule has 0 spiro atoms. The summed E-state index contributed by atoms with van der Waals surface area (Å²) in [6.07, 6.45) is 0. The van der Waals surface area contributed by atoms with Gasteiger partial charge >= 0.3 is 0 Å². The fraction of sp³-hybridized carbons (Fsp3) is 0. The van der Waals surface area contributed by atoms with Gasteiger partial charge in [-0.2, -0.15) is 0 Å². The van der Waals surface area contributed by atoms with E-state index in [4.69, 9.17) is 5.11 Å². The number of aromatic hydroxyl groups is 1. The first-order valence-corrected chi connectivity index (χ1v) is 2.61. The van der Waals surface area contributed by atoms with Crippen molar-refractivity contribution in [2.75, 3.05) is 0 Å². The van der Waals surface area contributed by atoms with E-state index in [1.807, 2.05) is 6.07 Å². The largest absolute Gasteiger partial charge is 0.506 e. The molecule has 0 fully saturated rings. The van der Waals surface area contributed by atoms with Crippen LogP contribution in [0.1, 0.15) is 0 Å². The number of benzene rings is 1. The van der Waals surface area contributed by atoms with Crippen molar-refractivity contribution in [1.29, 1.82) is 0 Å². The van der Waals surface area contributed by atoms with Gasteiger partial charge in [0.1, 0.15) is 11.4 Å². The van der Waals surface area contributed by atoms with Gasteiger partial charge in [-0.1, -0.05) is 6.07 Å². The highest BCUT2D eigenvalue weighted by atomic mass is 16.3. The maximum absolute atomic E-state index is 9.00. The van der Waals surface area contributed by atoms with Crippen LogP contribution in [0, 0.1) is 0 Å². The van der Waals surface area contributed by atoms with Gasteiger partial charge in [0.15, 0.2) is 5.69 Å². The number of hydrogen-bond donors (Lipinski definition) is 1. The highest BCUT2D eigenvalue weighted by Crippen LogP contribution is 2.43. The van der Waals surface area contributed by atoms with Crippen LogP contribution >= 0.6 is 0 Å². The Bertz CT molecular complexity index is 280. The zero-order valence-corrected chi connectivity index (χ0v) is 4.57. The van der Waals surface area contributed by atoms with Crippen molar-refractivity contribution in [1.82, 2.24) is 0 Å². The second-order valence-corrected chi connectivity index (χ2v) is 1.84. The molecule has 0 atom stereocenters. The number of phenolic OH excluding ortho intramolecular Hbond substituents is 1. The number of azo groups is 1. The maximum atomic E-state index is 9.00. The van der Waals surface area contributed by atoms with Gasteiger partial charge in [0.2, 0.25) is 0 Å². The monoisotopic (exact) mass is 120 g/mol. The molecule has 1 heterocycles. The summed E-state index contributed by atoms with van der Waals surface area (Å²) in [5, 5.41) is 16.3. The third kappa shape index (κ3) is 0.455. The van der Waals surface area contributed by atoms with Gasteiger partial charge in [0, 0.05) is 0 Å². The Hall–Kier alpha value is -1.38. The molecule has 0 saturated heterocycles. The topological polar surface area (TPSA) is 45.0 Å². The summed E-state index contributed by atoms with van der Waals surface area (Å²) in [5.41, 5.74) is 1.38. The zero-order valence-electron chi connectivity index (χ0n) is 4.57. The molecule has 44 valence electrons. The van der Waals surface area contributed by atoms with Crippen molar-refractivity contribution in [3.05, 3.63) is 18.2 Å². The summed E-state index contributed by atoms with van der Waals surface area (Å²) in [7, 11) is 0. The van der Waals surface area contributed by atoms with Crippen LogP contribution in [0.3, 0.4) is 0 Å². The van der Waals surface area contributed by atoms with Crippen LogP contribution < -0.4 is 0 Å². The Kier molecular flexibility index (Phi) is 0.656. The molecule has 0 aromatic heterocycles. The lowest BCUT2D eigenvalue weighted by Crippen LogP contribution is -1.75. The summed E-state index contributed by atoms with van der Waals surface area (Å²) in [4.78, 5) is 0. The molecule has 0 radical (unpaired) electrons. The summed E-state index contributed by atoms with van der Waals surface area (Å²) in [6, 6.07) is 5.14. The molecule has 3 nitrogen and oxygen atoms in total. The molecule has 0 unspecified atom stereocenters.